The van der Waals surface area contributed by atoms with E-state index in [0.717, 1.165) is 30.3 Å². The lowest BCUT2D eigenvalue weighted by molar-refractivity contribution is 0.111. The van der Waals surface area contributed by atoms with Crippen LogP contribution in [0.1, 0.15) is 31.2 Å². The van der Waals surface area contributed by atoms with Gasteiger partial charge in [-0.3, -0.25) is 0 Å². The minimum Gasteiger partial charge on any atom is -0.393 e. The summed E-state index contributed by atoms with van der Waals surface area (Å²) in [5, 5.41) is 13.1. The fraction of sp³-hybridized carbons (Fsp3) is 0.538. The molecule has 1 aliphatic rings. The molecule has 16 heavy (non-hydrogen) atoms. The van der Waals surface area contributed by atoms with E-state index in [2.05, 4.69) is 39.4 Å². The number of nitrogens with one attached hydrogen (secondary N) is 1. The summed E-state index contributed by atoms with van der Waals surface area (Å²) in [7, 11) is 0. The molecule has 0 heterocycles. The first-order valence-corrected chi connectivity index (χ1v) is 6.69. The van der Waals surface area contributed by atoms with Gasteiger partial charge in [0.15, 0.2) is 0 Å². The van der Waals surface area contributed by atoms with Crippen molar-refractivity contribution in [2.24, 2.45) is 0 Å². The highest BCUT2D eigenvalue weighted by Crippen LogP contribution is 2.19. The molecule has 0 bridgehead atoms. The number of aliphatic hydroxyl groups excluding tert-OH is 1. The molecule has 1 aromatic carbocycles. The maximum Gasteiger partial charge on any atom is 0.0555 e. The second-order valence-electron chi connectivity index (χ2n) is 4.53. The molecule has 0 spiro atoms. The molecule has 2 atom stereocenters. The van der Waals surface area contributed by atoms with E-state index < -0.39 is 0 Å². The zero-order chi connectivity index (χ0) is 11.4. The van der Waals surface area contributed by atoms with Gasteiger partial charge in [-0.1, -0.05) is 28.1 Å². The first-order chi connectivity index (χ1) is 7.74. The van der Waals surface area contributed by atoms with E-state index in [0.29, 0.717) is 6.04 Å². The van der Waals surface area contributed by atoms with E-state index in [1.807, 2.05) is 6.07 Å². The number of aliphatic hydroxyl groups is 1. The van der Waals surface area contributed by atoms with Gasteiger partial charge in [0.2, 0.25) is 0 Å². The summed E-state index contributed by atoms with van der Waals surface area (Å²) in [5.41, 5.74) is 1.29. The number of rotatable bonds is 3. The first kappa shape index (κ1) is 12.1. The Morgan fingerprint density at radius 2 is 2.25 bits per heavy atom. The van der Waals surface area contributed by atoms with Crippen LogP contribution in [0.2, 0.25) is 0 Å². The fourth-order valence-corrected chi connectivity index (χ4v) is 2.71. The lowest BCUT2D eigenvalue weighted by atomic mass is 9.93. The van der Waals surface area contributed by atoms with Crippen molar-refractivity contribution in [2.45, 2.75) is 44.4 Å². The largest absolute Gasteiger partial charge is 0.393 e. The van der Waals surface area contributed by atoms with Crippen molar-refractivity contribution in [1.82, 2.24) is 5.32 Å². The number of halogens is 1. The molecular formula is C13H18BrNO. The molecule has 1 aliphatic carbocycles. The number of benzene rings is 1. The second kappa shape index (κ2) is 5.80. The molecule has 0 radical (unpaired) electrons. The van der Waals surface area contributed by atoms with E-state index in [1.54, 1.807) is 0 Å². The fourth-order valence-electron chi connectivity index (χ4n) is 2.26. The molecule has 2 N–H and O–H groups in total. The maximum absolute atomic E-state index is 9.57. The molecule has 0 amide bonds. The first-order valence-electron chi connectivity index (χ1n) is 5.90. The molecule has 1 saturated carbocycles. The third-order valence-electron chi connectivity index (χ3n) is 3.13. The average Bonchev–Trinajstić information content (AvgIpc) is 2.27. The average molecular weight is 284 g/mol. The van der Waals surface area contributed by atoms with Crippen molar-refractivity contribution < 1.29 is 5.11 Å². The van der Waals surface area contributed by atoms with Gasteiger partial charge in [0.1, 0.15) is 0 Å². The minimum absolute atomic E-state index is 0.103. The Hall–Kier alpha value is -0.380. The molecule has 0 saturated heterocycles. The van der Waals surface area contributed by atoms with Crippen molar-refractivity contribution in [3.8, 4) is 0 Å². The van der Waals surface area contributed by atoms with E-state index in [9.17, 15) is 5.11 Å². The van der Waals surface area contributed by atoms with Crippen molar-refractivity contribution in [1.29, 1.82) is 0 Å². The Kier molecular flexibility index (Phi) is 4.38. The van der Waals surface area contributed by atoms with Crippen LogP contribution in [0.4, 0.5) is 0 Å². The quantitative estimate of drug-likeness (QED) is 0.894. The zero-order valence-corrected chi connectivity index (χ0v) is 10.9. The molecule has 0 aromatic heterocycles. The molecule has 88 valence electrons. The van der Waals surface area contributed by atoms with Gasteiger partial charge in [0.05, 0.1) is 6.10 Å². The molecule has 1 fully saturated rings. The van der Waals surface area contributed by atoms with E-state index >= 15 is 0 Å². The number of hydrogen-bond donors (Lipinski definition) is 2. The Morgan fingerprint density at radius 3 is 3.00 bits per heavy atom. The SMILES string of the molecule is OC1CCCC(NCc2cccc(Br)c2)C1. The van der Waals surface area contributed by atoms with E-state index in [1.165, 1.54) is 12.0 Å². The Labute approximate surface area is 105 Å². The summed E-state index contributed by atoms with van der Waals surface area (Å²) < 4.78 is 1.12. The standard InChI is InChI=1S/C13H18BrNO/c14-11-4-1-3-10(7-11)9-15-12-5-2-6-13(16)8-12/h1,3-4,7,12-13,15-16H,2,5-6,8-9H2. The smallest absolute Gasteiger partial charge is 0.0555 e. The zero-order valence-electron chi connectivity index (χ0n) is 9.32. The van der Waals surface area contributed by atoms with Gasteiger partial charge >= 0.3 is 0 Å². The predicted molar refractivity (Wildman–Crippen MR) is 69.2 cm³/mol. The summed E-state index contributed by atoms with van der Waals surface area (Å²) >= 11 is 3.47. The Morgan fingerprint density at radius 1 is 1.38 bits per heavy atom. The highest BCUT2D eigenvalue weighted by molar-refractivity contribution is 9.10. The molecule has 1 aromatic rings. The topological polar surface area (TPSA) is 32.3 Å². The third-order valence-corrected chi connectivity index (χ3v) is 3.62. The van der Waals surface area contributed by atoms with Gasteiger partial charge < -0.3 is 10.4 Å². The van der Waals surface area contributed by atoms with E-state index in [-0.39, 0.29) is 6.10 Å². The highest BCUT2D eigenvalue weighted by atomic mass is 79.9. The van der Waals surface area contributed by atoms with Crippen LogP contribution in [-0.2, 0) is 6.54 Å². The van der Waals surface area contributed by atoms with Crippen LogP contribution in [0.25, 0.3) is 0 Å². The van der Waals surface area contributed by atoms with Crippen LogP contribution < -0.4 is 5.32 Å². The van der Waals surface area contributed by atoms with Crippen molar-refractivity contribution in [3.05, 3.63) is 34.3 Å². The monoisotopic (exact) mass is 283 g/mol. The van der Waals surface area contributed by atoms with Crippen LogP contribution >= 0.6 is 15.9 Å². The van der Waals surface area contributed by atoms with Crippen LogP contribution in [0.3, 0.4) is 0 Å². The second-order valence-corrected chi connectivity index (χ2v) is 5.44. The molecule has 3 heteroatoms. The van der Waals surface area contributed by atoms with Gasteiger partial charge in [-0.2, -0.15) is 0 Å². The van der Waals surface area contributed by atoms with Gasteiger partial charge in [-0.05, 0) is 43.4 Å². The van der Waals surface area contributed by atoms with Crippen LogP contribution in [0, 0.1) is 0 Å². The highest BCUT2D eigenvalue weighted by Gasteiger charge is 2.19. The molecule has 2 nitrogen and oxygen atoms in total. The van der Waals surface area contributed by atoms with Crippen molar-refractivity contribution in [2.75, 3.05) is 0 Å². The Bertz CT molecular complexity index is 342. The lowest BCUT2D eigenvalue weighted by Gasteiger charge is -2.26. The molecule has 2 rings (SSSR count). The van der Waals surface area contributed by atoms with Crippen molar-refractivity contribution >= 4 is 15.9 Å². The molecule has 0 aliphatic heterocycles. The van der Waals surface area contributed by atoms with Crippen LogP contribution in [0.5, 0.6) is 0 Å². The summed E-state index contributed by atoms with van der Waals surface area (Å²) in [4.78, 5) is 0. The normalized spacial score (nSPS) is 25.6. The predicted octanol–water partition coefficient (Wildman–Crippen LogP) is 2.84. The minimum atomic E-state index is -0.103. The molecule has 2 unspecified atom stereocenters. The summed E-state index contributed by atoms with van der Waals surface area (Å²) in [5.74, 6) is 0. The van der Waals surface area contributed by atoms with Gasteiger partial charge in [0, 0.05) is 17.1 Å². The van der Waals surface area contributed by atoms with Gasteiger partial charge in [-0.15, -0.1) is 0 Å². The van der Waals surface area contributed by atoms with Gasteiger partial charge in [0.25, 0.3) is 0 Å². The van der Waals surface area contributed by atoms with Gasteiger partial charge in [-0.25, -0.2) is 0 Å². The van der Waals surface area contributed by atoms with Crippen LogP contribution in [0.15, 0.2) is 28.7 Å². The summed E-state index contributed by atoms with van der Waals surface area (Å²) in [6.07, 6.45) is 4.08. The maximum atomic E-state index is 9.57. The van der Waals surface area contributed by atoms with Crippen molar-refractivity contribution in [3.63, 3.8) is 0 Å². The lowest BCUT2D eigenvalue weighted by Crippen LogP contribution is -2.35. The molecular weight excluding hydrogens is 266 g/mol. The summed E-state index contributed by atoms with van der Waals surface area (Å²) in [6.45, 7) is 0.886. The van der Waals surface area contributed by atoms with Crippen LogP contribution in [-0.4, -0.2) is 17.3 Å². The third kappa shape index (κ3) is 3.58. The summed E-state index contributed by atoms with van der Waals surface area (Å²) in [6, 6.07) is 8.82. The number of hydrogen-bond acceptors (Lipinski definition) is 2. The Balaban J connectivity index is 1.82. The van der Waals surface area contributed by atoms with E-state index in [4.69, 9.17) is 0 Å².